The molecule has 0 unspecified atom stereocenters. The molecule has 10 nitrogen and oxygen atoms in total. The molecular formula is C25H29N3O7S2. The van der Waals surface area contributed by atoms with Crippen LogP contribution in [0.25, 0.3) is 0 Å². The highest BCUT2D eigenvalue weighted by molar-refractivity contribution is 7.92. The predicted molar refractivity (Wildman–Crippen MR) is 143 cm³/mol. The Bertz CT molecular complexity index is 1460. The summed E-state index contributed by atoms with van der Waals surface area (Å²) in [5, 5.41) is 2.60. The van der Waals surface area contributed by atoms with Crippen molar-refractivity contribution in [1.29, 1.82) is 0 Å². The molecular weight excluding hydrogens is 518 g/mol. The van der Waals surface area contributed by atoms with Crippen molar-refractivity contribution in [2.45, 2.75) is 18.7 Å². The summed E-state index contributed by atoms with van der Waals surface area (Å²) in [7, 11) is -6.25. The van der Waals surface area contributed by atoms with Crippen LogP contribution in [0, 0.1) is 6.92 Å². The normalized spacial score (nSPS) is 11.5. The molecule has 0 bridgehead atoms. The zero-order chi connectivity index (χ0) is 27.2. The molecule has 3 aromatic carbocycles. The van der Waals surface area contributed by atoms with Gasteiger partial charge >= 0.3 is 0 Å². The van der Waals surface area contributed by atoms with Crippen molar-refractivity contribution in [1.82, 2.24) is 0 Å². The number of hydrogen-bond donors (Lipinski definition) is 2. The monoisotopic (exact) mass is 547 g/mol. The van der Waals surface area contributed by atoms with Crippen LogP contribution in [-0.2, 0) is 24.8 Å². The van der Waals surface area contributed by atoms with Crippen LogP contribution in [-0.4, -0.2) is 49.3 Å². The van der Waals surface area contributed by atoms with Gasteiger partial charge in [-0.15, -0.1) is 0 Å². The maximum absolute atomic E-state index is 12.9. The molecule has 1 amide bonds. The number of nitrogens with zero attached hydrogens (tertiary/aromatic N) is 1. The van der Waals surface area contributed by atoms with Gasteiger partial charge in [-0.3, -0.25) is 13.8 Å². The van der Waals surface area contributed by atoms with Gasteiger partial charge in [0.15, 0.2) is 0 Å². The number of sulfonamides is 2. The van der Waals surface area contributed by atoms with Crippen LogP contribution < -0.4 is 23.8 Å². The first kappa shape index (κ1) is 27.8. The molecule has 0 aliphatic heterocycles. The number of carbonyl (C=O) groups excluding carboxylic acids is 1. The second-order valence-corrected chi connectivity index (χ2v) is 11.7. The molecule has 0 saturated heterocycles. The van der Waals surface area contributed by atoms with Gasteiger partial charge in [0.25, 0.3) is 10.0 Å². The van der Waals surface area contributed by atoms with E-state index in [2.05, 4.69) is 10.0 Å². The van der Waals surface area contributed by atoms with E-state index < -0.39 is 32.5 Å². The topological polar surface area (TPSA) is 131 Å². The quantitative estimate of drug-likeness (QED) is 0.375. The Morgan fingerprint density at radius 1 is 0.946 bits per heavy atom. The van der Waals surface area contributed by atoms with E-state index in [0.717, 1.165) is 16.1 Å². The zero-order valence-electron chi connectivity index (χ0n) is 20.9. The fourth-order valence-corrected chi connectivity index (χ4v) is 5.35. The van der Waals surface area contributed by atoms with E-state index in [1.165, 1.54) is 31.4 Å². The Morgan fingerprint density at radius 2 is 1.59 bits per heavy atom. The first-order valence-corrected chi connectivity index (χ1v) is 14.5. The standard InChI is InChI=1S/C25H29N3O7S2/c1-5-35-21-11-9-20(10-12-21)28(36(4,30)31)17-25(29)26-19-7-13-22(14-8-19)37(32,33)27-23-16-18(2)6-15-24(23)34-3/h6-16,27H,5,17H2,1-4H3,(H,26,29). The fraction of sp³-hybridized carbons (Fsp3) is 0.240. The van der Waals surface area contributed by atoms with Gasteiger partial charge in [0, 0.05) is 5.69 Å². The number of benzene rings is 3. The average Bonchev–Trinajstić information content (AvgIpc) is 2.83. The van der Waals surface area contributed by atoms with Crippen molar-refractivity contribution in [3.8, 4) is 11.5 Å². The van der Waals surface area contributed by atoms with Gasteiger partial charge in [-0.05, 0) is 80.1 Å². The van der Waals surface area contributed by atoms with Crippen LogP contribution in [0.3, 0.4) is 0 Å². The number of aryl methyl sites for hydroxylation is 1. The summed E-state index contributed by atoms with van der Waals surface area (Å²) in [6.45, 7) is 3.66. The van der Waals surface area contributed by atoms with Gasteiger partial charge in [-0.25, -0.2) is 16.8 Å². The first-order valence-electron chi connectivity index (χ1n) is 11.2. The minimum Gasteiger partial charge on any atom is -0.495 e. The molecule has 198 valence electrons. The third-order valence-electron chi connectivity index (χ3n) is 5.17. The molecule has 12 heteroatoms. The Labute approximate surface area is 217 Å². The van der Waals surface area contributed by atoms with E-state index in [0.29, 0.717) is 35.2 Å². The largest absolute Gasteiger partial charge is 0.495 e. The van der Waals surface area contributed by atoms with E-state index in [1.807, 2.05) is 13.8 Å². The van der Waals surface area contributed by atoms with Crippen LogP contribution >= 0.6 is 0 Å². The molecule has 0 aromatic heterocycles. The van der Waals surface area contributed by atoms with E-state index in [-0.39, 0.29) is 4.90 Å². The lowest BCUT2D eigenvalue weighted by atomic mass is 10.2. The highest BCUT2D eigenvalue weighted by atomic mass is 32.2. The van der Waals surface area contributed by atoms with Crippen molar-refractivity contribution in [2.75, 3.05) is 40.9 Å². The minimum absolute atomic E-state index is 0.0267. The van der Waals surface area contributed by atoms with Crippen LogP contribution in [0.4, 0.5) is 17.1 Å². The smallest absolute Gasteiger partial charge is 0.262 e. The van der Waals surface area contributed by atoms with Crippen LogP contribution in [0.5, 0.6) is 11.5 Å². The highest BCUT2D eigenvalue weighted by Gasteiger charge is 2.22. The van der Waals surface area contributed by atoms with Gasteiger partial charge in [0.1, 0.15) is 18.0 Å². The maximum Gasteiger partial charge on any atom is 0.262 e. The van der Waals surface area contributed by atoms with Crippen molar-refractivity contribution in [3.63, 3.8) is 0 Å². The molecule has 0 saturated carbocycles. The lowest BCUT2D eigenvalue weighted by Crippen LogP contribution is -2.37. The number of nitrogens with one attached hydrogen (secondary N) is 2. The number of rotatable bonds is 11. The van der Waals surface area contributed by atoms with Crippen LogP contribution in [0.2, 0.25) is 0 Å². The summed E-state index contributed by atoms with van der Waals surface area (Å²) in [6.07, 6.45) is 1.01. The zero-order valence-corrected chi connectivity index (χ0v) is 22.5. The third-order valence-corrected chi connectivity index (χ3v) is 7.69. The van der Waals surface area contributed by atoms with Crippen molar-refractivity contribution in [2.24, 2.45) is 0 Å². The number of anilines is 3. The molecule has 0 fully saturated rings. The predicted octanol–water partition coefficient (Wildman–Crippen LogP) is 3.61. The van der Waals surface area contributed by atoms with Gasteiger partial charge in [-0.1, -0.05) is 6.07 Å². The summed E-state index contributed by atoms with van der Waals surface area (Å²) in [5.41, 5.74) is 1.76. The lowest BCUT2D eigenvalue weighted by molar-refractivity contribution is -0.114. The molecule has 37 heavy (non-hydrogen) atoms. The summed E-state index contributed by atoms with van der Waals surface area (Å²) in [4.78, 5) is 12.6. The molecule has 0 aliphatic rings. The van der Waals surface area contributed by atoms with Crippen molar-refractivity contribution >= 4 is 43.0 Å². The Kier molecular flexibility index (Phi) is 8.66. The van der Waals surface area contributed by atoms with Gasteiger partial charge in [0.05, 0.1) is 36.2 Å². The summed E-state index contributed by atoms with van der Waals surface area (Å²) in [6, 6.07) is 17.0. The third kappa shape index (κ3) is 7.37. The molecule has 0 radical (unpaired) electrons. The molecule has 0 spiro atoms. The van der Waals surface area contributed by atoms with E-state index in [9.17, 15) is 21.6 Å². The summed E-state index contributed by atoms with van der Waals surface area (Å²) >= 11 is 0. The first-order chi connectivity index (χ1) is 17.4. The Balaban J connectivity index is 1.72. The second-order valence-electron chi connectivity index (χ2n) is 8.08. The Morgan fingerprint density at radius 3 is 2.16 bits per heavy atom. The Hall–Kier alpha value is -3.77. The minimum atomic E-state index is -3.93. The average molecular weight is 548 g/mol. The number of amides is 1. The van der Waals surface area contributed by atoms with E-state index >= 15 is 0 Å². The van der Waals surface area contributed by atoms with Crippen LogP contribution in [0.1, 0.15) is 12.5 Å². The number of carbonyl (C=O) groups is 1. The number of methoxy groups -OCH3 is 1. The molecule has 3 rings (SSSR count). The highest BCUT2D eigenvalue weighted by Crippen LogP contribution is 2.28. The van der Waals surface area contributed by atoms with E-state index in [1.54, 1.807) is 42.5 Å². The van der Waals surface area contributed by atoms with Gasteiger partial charge in [-0.2, -0.15) is 0 Å². The lowest BCUT2D eigenvalue weighted by Gasteiger charge is -2.22. The van der Waals surface area contributed by atoms with E-state index in [4.69, 9.17) is 9.47 Å². The molecule has 0 heterocycles. The van der Waals surface area contributed by atoms with Gasteiger partial charge in [0.2, 0.25) is 15.9 Å². The SMILES string of the molecule is CCOc1ccc(N(CC(=O)Nc2ccc(S(=O)(=O)Nc3cc(C)ccc3OC)cc2)S(C)(=O)=O)cc1. The second kappa shape index (κ2) is 11.5. The van der Waals surface area contributed by atoms with Gasteiger partial charge < -0.3 is 14.8 Å². The summed E-state index contributed by atoms with van der Waals surface area (Å²) < 4.78 is 64.4. The molecule has 0 aliphatic carbocycles. The fourth-order valence-electron chi connectivity index (χ4n) is 3.43. The van der Waals surface area contributed by atoms with Crippen LogP contribution in [0.15, 0.2) is 71.6 Å². The van der Waals surface area contributed by atoms with Crippen molar-refractivity contribution < 1.29 is 31.1 Å². The molecule has 0 atom stereocenters. The summed E-state index contributed by atoms with van der Waals surface area (Å²) in [5.74, 6) is 0.355. The number of ether oxygens (including phenoxy) is 2. The van der Waals surface area contributed by atoms with Crippen molar-refractivity contribution in [3.05, 3.63) is 72.3 Å². The molecule has 2 N–H and O–H groups in total. The molecule has 3 aromatic rings. The number of hydrogen-bond acceptors (Lipinski definition) is 7. The maximum atomic E-state index is 12.9.